The van der Waals surface area contributed by atoms with Gasteiger partial charge in [-0.1, -0.05) is 54.6 Å². The molecule has 5 N–H and O–H groups in total. The van der Waals surface area contributed by atoms with Gasteiger partial charge in [-0.3, -0.25) is 14.3 Å². The van der Waals surface area contributed by atoms with Crippen LogP contribution in [0.3, 0.4) is 0 Å². The fraction of sp³-hybridized carbons (Fsp3) is 0.250. The molecule has 2 atom stereocenters. The molecule has 1 aliphatic rings. The molecule has 0 saturated carbocycles. The third-order valence-corrected chi connectivity index (χ3v) is 7.44. The highest BCUT2D eigenvalue weighted by atomic mass is 16.3. The number of aromatic nitrogens is 3. The minimum Gasteiger partial charge on any atom is -0.399 e. The highest BCUT2D eigenvalue weighted by Gasteiger charge is 2.52. The molecule has 3 aromatic carbocycles. The smallest absolute Gasteiger partial charge is 0.264 e. The Bertz CT molecular complexity index is 1600. The molecule has 5 rings (SSSR count). The molecule has 0 bridgehead atoms. The Morgan fingerprint density at radius 3 is 2.69 bits per heavy atom. The van der Waals surface area contributed by atoms with Crippen molar-refractivity contribution in [1.82, 2.24) is 15.0 Å². The number of hydrogen-bond donors (Lipinski definition) is 4. The number of carbonyl (C=O) groups is 2. The number of anilines is 3. The highest BCUT2D eigenvalue weighted by molar-refractivity contribution is 6.07. The zero-order valence-corrected chi connectivity index (χ0v) is 23.4. The molecular formula is C32H34N6O4. The normalized spacial score (nSPS) is 17.0. The molecule has 10 heteroatoms. The lowest BCUT2D eigenvalue weighted by Gasteiger charge is -2.27. The lowest BCUT2D eigenvalue weighted by molar-refractivity contribution is -0.139. The second kappa shape index (κ2) is 12.4. The number of nitrogens with one attached hydrogen (secondary N) is 1. The Morgan fingerprint density at radius 2 is 1.90 bits per heavy atom. The quantitative estimate of drug-likeness (QED) is 0.160. The number of nitrogens with two attached hydrogens (primary N) is 1. The van der Waals surface area contributed by atoms with Crippen molar-refractivity contribution in [3.05, 3.63) is 114 Å². The molecule has 2 heterocycles. The zero-order chi connectivity index (χ0) is 29.7. The number of benzene rings is 3. The average molecular weight is 567 g/mol. The van der Waals surface area contributed by atoms with Gasteiger partial charge in [0.15, 0.2) is 5.60 Å². The molecule has 0 radical (unpaired) electrons. The molecule has 216 valence electrons. The van der Waals surface area contributed by atoms with Crippen LogP contribution in [0.2, 0.25) is 0 Å². The maximum absolute atomic E-state index is 13.8. The molecule has 1 aromatic heterocycles. The first-order valence-corrected chi connectivity index (χ1v) is 13.9. The van der Waals surface area contributed by atoms with Crippen molar-refractivity contribution in [3.63, 3.8) is 0 Å². The predicted molar refractivity (Wildman–Crippen MR) is 161 cm³/mol. The lowest BCUT2D eigenvalue weighted by atomic mass is 9.83. The molecule has 10 nitrogen and oxygen atoms in total. The van der Waals surface area contributed by atoms with Crippen molar-refractivity contribution < 1.29 is 19.8 Å². The fourth-order valence-electron chi connectivity index (χ4n) is 5.15. The standard InChI is InChI=1S/C32H34N6O4/c1-22(7-4-5-17-37-21-27(16-18-39)35-36-37)32(42)28-10-2-3-11-29(28)38(31(32)41)20-23-8-6-9-26(19-23)34-30(40)24-12-14-25(33)15-13-24/h2-4,6-15,19,21-22,39,42H,5,16-18,20,33H2,1H3,(H,34,40)/b7-4+/t22-,32+/m0/s1. The second-order valence-electron chi connectivity index (χ2n) is 10.4. The first kappa shape index (κ1) is 28.7. The van der Waals surface area contributed by atoms with E-state index in [0.29, 0.717) is 47.6 Å². The Balaban J connectivity index is 1.29. The van der Waals surface area contributed by atoms with Gasteiger partial charge in [-0.05, 0) is 54.4 Å². The van der Waals surface area contributed by atoms with Crippen LogP contribution in [0, 0.1) is 5.92 Å². The number of hydrogen-bond acceptors (Lipinski definition) is 7. The lowest BCUT2D eigenvalue weighted by Crippen LogP contribution is -2.44. The predicted octanol–water partition coefficient (Wildman–Crippen LogP) is 3.66. The monoisotopic (exact) mass is 566 g/mol. The number of para-hydroxylation sites is 1. The Labute approximate surface area is 244 Å². The number of aliphatic hydroxyl groups is 2. The Morgan fingerprint density at radius 1 is 1.12 bits per heavy atom. The van der Waals surface area contributed by atoms with Crippen molar-refractivity contribution in [3.8, 4) is 0 Å². The van der Waals surface area contributed by atoms with Gasteiger partial charge in [0.05, 0.1) is 17.9 Å². The molecule has 0 spiro atoms. The van der Waals surface area contributed by atoms with Crippen LogP contribution in [0.5, 0.6) is 0 Å². The van der Waals surface area contributed by atoms with Crippen molar-refractivity contribution >= 4 is 28.9 Å². The summed E-state index contributed by atoms with van der Waals surface area (Å²) in [6.07, 6.45) is 6.68. The maximum Gasteiger partial charge on any atom is 0.264 e. The van der Waals surface area contributed by atoms with Gasteiger partial charge in [0.2, 0.25) is 0 Å². The van der Waals surface area contributed by atoms with E-state index >= 15 is 0 Å². The van der Waals surface area contributed by atoms with E-state index in [4.69, 9.17) is 10.8 Å². The van der Waals surface area contributed by atoms with Gasteiger partial charge in [0, 0.05) is 54.2 Å². The van der Waals surface area contributed by atoms with E-state index in [1.54, 1.807) is 52.2 Å². The van der Waals surface area contributed by atoms with Gasteiger partial charge >= 0.3 is 0 Å². The molecule has 0 saturated heterocycles. The first-order valence-electron chi connectivity index (χ1n) is 13.9. The van der Waals surface area contributed by atoms with E-state index in [-0.39, 0.29) is 19.1 Å². The summed E-state index contributed by atoms with van der Waals surface area (Å²) in [6, 6.07) is 21.3. The number of fused-ring (bicyclic) bond motifs is 1. The third kappa shape index (κ3) is 5.95. The van der Waals surface area contributed by atoms with Crippen LogP contribution in [0.15, 0.2) is 91.1 Å². The number of rotatable bonds is 11. The van der Waals surface area contributed by atoms with Gasteiger partial charge < -0.3 is 26.2 Å². The number of carbonyl (C=O) groups excluding carboxylic acids is 2. The first-order chi connectivity index (χ1) is 20.3. The summed E-state index contributed by atoms with van der Waals surface area (Å²) in [5.74, 6) is -1.16. The molecule has 0 fully saturated rings. The molecule has 42 heavy (non-hydrogen) atoms. The van der Waals surface area contributed by atoms with Crippen LogP contribution in [0.1, 0.15) is 40.5 Å². The summed E-state index contributed by atoms with van der Waals surface area (Å²) in [4.78, 5) is 28.1. The summed E-state index contributed by atoms with van der Waals surface area (Å²) in [5.41, 5.74) is 8.40. The van der Waals surface area contributed by atoms with E-state index in [0.717, 1.165) is 11.3 Å². The van der Waals surface area contributed by atoms with Gasteiger partial charge in [0.25, 0.3) is 11.8 Å². The number of allylic oxidation sites excluding steroid dienone is 1. The van der Waals surface area contributed by atoms with Crippen LogP contribution in [-0.2, 0) is 29.9 Å². The van der Waals surface area contributed by atoms with Crippen LogP contribution in [0.4, 0.5) is 17.1 Å². The number of amides is 2. The van der Waals surface area contributed by atoms with Crippen LogP contribution >= 0.6 is 0 Å². The summed E-state index contributed by atoms with van der Waals surface area (Å²) in [7, 11) is 0. The van der Waals surface area contributed by atoms with E-state index < -0.39 is 17.4 Å². The van der Waals surface area contributed by atoms with Crippen molar-refractivity contribution in [2.24, 2.45) is 5.92 Å². The van der Waals surface area contributed by atoms with Crippen LogP contribution < -0.4 is 16.0 Å². The van der Waals surface area contributed by atoms with Crippen molar-refractivity contribution in [2.75, 3.05) is 22.6 Å². The second-order valence-corrected chi connectivity index (χ2v) is 10.4. The topological polar surface area (TPSA) is 147 Å². The minimum absolute atomic E-state index is 0.0216. The number of nitrogens with zero attached hydrogens (tertiary/aromatic N) is 4. The van der Waals surface area contributed by atoms with Gasteiger partial charge in [-0.25, -0.2) is 0 Å². The van der Waals surface area contributed by atoms with E-state index in [1.165, 1.54) is 0 Å². The largest absolute Gasteiger partial charge is 0.399 e. The van der Waals surface area contributed by atoms with Crippen molar-refractivity contribution in [2.45, 2.75) is 38.5 Å². The number of aliphatic hydroxyl groups excluding tert-OH is 1. The molecule has 4 aromatic rings. The molecule has 0 aliphatic carbocycles. The zero-order valence-electron chi connectivity index (χ0n) is 23.4. The summed E-state index contributed by atoms with van der Waals surface area (Å²) >= 11 is 0. The van der Waals surface area contributed by atoms with Crippen LogP contribution in [0.25, 0.3) is 0 Å². The molecule has 0 unspecified atom stereocenters. The number of aryl methyl sites for hydroxylation is 1. The van der Waals surface area contributed by atoms with Crippen molar-refractivity contribution in [1.29, 1.82) is 0 Å². The third-order valence-electron chi connectivity index (χ3n) is 7.44. The SMILES string of the molecule is C[C@@H](/C=C/CCn1cc(CCO)nn1)[C@]1(O)C(=O)N(Cc2cccc(NC(=O)c3ccc(N)cc3)c2)c2ccccc21. The van der Waals surface area contributed by atoms with Gasteiger partial charge in [0.1, 0.15) is 0 Å². The Hall–Kier alpha value is -4.80. The van der Waals surface area contributed by atoms with E-state index in [2.05, 4.69) is 15.6 Å². The average Bonchev–Trinajstić information content (AvgIpc) is 3.53. The Kier molecular flexibility index (Phi) is 8.46. The molecular weight excluding hydrogens is 532 g/mol. The maximum atomic E-state index is 13.8. The molecule has 1 aliphatic heterocycles. The number of nitrogen functional groups attached to an aromatic ring is 1. The summed E-state index contributed by atoms with van der Waals surface area (Å²) < 4.78 is 1.71. The van der Waals surface area contributed by atoms with E-state index in [1.807, 2.05) is 55.5 Å². The minimum atomic E-state index is -1.73. The highest BCUT2D eigenvalue weighted by Crippen LogP contribution is 2.45. The van der Waals surface area contributed by atoms with Gasteiger partial charge in [-0.2, -0.15) is 0 Å². The molecule has 2 amide bonds. The summed E-state index contributed by atoms with van der Waals surface area (Å²) in [5, 5.41) is 31.9. The summed E-state index contributed by atoms with van der Waals surface area (Å²) in [6.45, 7) is 2.66. The van der Waals surface area contributed by atoms with E-state index in [9.17, 15) is 14.7 Å². The van der Waals surface area contributed by atoms with Gasteiger partial charge in [-0.15, -0.1) is 5.10 Å². The fourth-order valence-corrected chi connectivity index (χ4v) is 5.15. The van der Waals surface area contributed by atoms with Crippen LogP contribution in [-0.4, -0.2) is 43.6 Å².